The maximum Gasteiger partial charge on any atom is 0.338 e. The molecule has 4 nitrogen and oxygen atoms in total. The number of carbonyl (C=O) groups is 1. The molecule has 0 saturated heterocycles. The van der Waals surface area contributed by atoms with Crippen LogP contribution in [-0.2, 0) is 4.74 Å². The molecule has 5 heteroatoms. The van der Waals surface area contributed by atoms with Gasteiger partial charge in [-0.05, 0) is 18.2 Å². The van der Waals surface area contributed by atoms with Crippen LogP contribution in [0.2, 0.25) is 0 Å². The van der Waals surface area contributed by atoms with E-state index in [2.05, 4.69) is 15.9 Å². The van der Waals surface area contributed by atoms with E-state index in [0.29, 0.717) is 5.56 Å². The molecule has 2 aromatic rings. The van der Waals surface area contributed by atoms with Crippen molar-refractivity contribution in [1.29, 1.82) is 0 Å². The number of halogens is 1. The lowest BCUT2D eigenvalue weighted by atomic mass is 10.1. The summed E-state index contributed by atoms with van der Waals surface area (Å²) in [7, 11) is 1.36. The maximum absolute atomic E-state index is 11.5. The molecule has 1 aromatic heterocycles. The molecule has 0 atom stereocenters. The lowest BCUT2D eigenvalue weighted by Crippen LogP contribution is -2.06. The Morgan fingerprint density at radius 1 is 1.53 bits per heavy atom. The van der Waals surface area contributed by atoms with E-state index in [9.17, 15) is 4.79 Å². The molecular formula is C10H9BrN2O2. The van der Waals surface area contributed by atoms with E-state index in [1.165, 1.54) is 11.8 Å². The number of fused-ring (bicyclic) bond motifs is 1. The highest BCUT2D eigenvalue weighted by molar-refractivity contribution is 9.10. The van der Waals surface area contributed by atoms with Gasteiger partial charge < -0.3 is 10.6 Å². The summed E-state index contributed by atoms with van der Waals surface area (Å²) in [5.41, 5.74) is 1.29. The molecule has 0 unspecified atom stereocenters. The predicted molar refractivity (Wildman–Crippen MR) is 61.1 cm³/mol. The molecule has 1 aromatic carbocycles. The summed E-state index contributed by atoms with van der Waals surface area (Å²) < 4.78 is 6.96. The molecule has 0 aliphatic heterocycles. The van der Waals surface area contributed by atoms with Crippen molar-refractivity contribution in [2.45, 2.75) is 0 Å². The Hall–Kier alpha value is -1.49. The minimum absolute atomic E-state index is 0.368. The van der Waals surface area contributed by atoms with Crippen LogP contribution in [0.3, 0.4) is 0 Å². The summed E-state index contributed by atoms with van der Waals surface area (Å²) >= 11 is 3.32. The second-order valence-electron chi connectivity index (χ2n) is 3.10. The van der Waals surface area contributed by atoms with Crippen molar-refractivity contribution in [1.82, 2.24) is 4.68 Å². The summed E-state index contributed by atoms with van der Waals surface area (Å²) in [4.78, 5) is 11.5. The molecule has 2 rings (SSSR count). The molecule has 0 amide bonds. The van der Waals surface area contributed by atoms with Crippen LogP contribution >= 0.6 is 15.9 Å². The van der Waals surface area contributed by atoms with Gasteiger partial charge in [0.25, 0.3) is 0 Å². The molecule has 0 saturated carbocycles. The number of methoxy groups -OCH3 is 1. The first-order valence-electron chi connectivity index (χ1n) is 4.27. The molecule has 15 heavy (non-hydrogen) atoms. The van der Waals surface area contributed by atoms with Gasteiger partial charge in [0.1, 0.15) is 0 Å². The molecule has 1 heterocycles. The third-order valence-electron chi connectivity index (χ3n) is 2.21. The monoisotopic (exact) mass is 268 g/mol. The van der Waals surface area contributed by atoms with Gasteiger partial charge in [-0.25, -0.2) is 4.79 Å². The summed E-state index contributed by atoms with van der Waals surface area (Å²) in [6.07, 6.45) is 1.70. The van der Waals surface area contributed by atoms with Crippen molar-refractivity contribution in [2.24, 2.45) is 0 Å². The zero-order valence-corrected chi connectivity index (χ0v) is 9.61. The van der Waals surface area contributed by atoms with Gasteiger partial charge in [-0.2, -0.15) is 0 Å². The molecule has 0 fully saturated rings. The van der Waals surface area contributed by atoms with E-state index >= 15 is 0 Å². The summed E-state index contributed by atoms with van der Waals surface area (Å²) in [5, 5.41) is 0.785. The number of aromatic nitrogens is 1. The number of rotatable bonds is 1. The first-order chi connectivity index (χ1) is 7.13. The number of nitrogens with two attached hydrogens (primary N) is 1. The fraction of sp³-hybridized carbons (Fsp3) is 0.100. The number of benzene rings is 1. The predicted octanol–water partition coefficient (Wildman–Crippen LogP) is 1.90. The SMILES string of the molecule is COC(=O)c1cc(Br)cc2c1ccn2N. The Balaban J connectivity index is 2.78. The van der Waals surface area contributed by atoms with Crippen molar-refractivity contribution >= 4 is 32.8 Å². The first kappa shape index (κ1) is 10.0. The smallest absolute Gasteiger partial charge is 0.338 e. The van der Waals surface area contributed by atoms with Gasteiger partial charge in [-0.15, -0.1) is 0 Å². The third kappa shape index (κ3) is 1.59. The van der Waals surface area contributed by atoms with Crippen molar-refractivity contribution < 1.29 is 9.53 Å². The van der Waals surface area contributed by atoms with Crippen LogP contribution in [0.25, 0.3) is 10.9 Å². The summed E-state index contributed by atoms with van der Waals surface area (Å²) in [6, 6.07) is 5.35. The zero-order chi connectivity index (χ0) is 11.0. The molecule has 0 spiro atoms. The second kappa shape index (κ2) is 3.58. The minimum atomic E-state index is -0.368. The van der Waals surface area contributed by atoms with E-state index in [1.54, 1.807) is 18.3 Å². The lowest BCUT2D eigenvalue weighted by Gasteiger charge is -2.03. The average Bonchev–Trinajstić information content (AvgIpc) is 2.58. The molecule has 0 aliphatic rings. The normalized spacial score (nSPS) is 10.5. The topological polar surface area (TPSA) is 57.2 Å². The highest BCUT2D eigenvalue weighted by Gasteiger charge is 2.13. The number of nitrogens with zero attached hydrogens (tertiary/aromatic N) is 1. The number of esters is 1. The fourth-order valence-electron chi connectivity index (χ4n) is 1.51. The fourth-order valence-corrected chi connectivity index (χ4v) is 1.95. The Morgan fingerprint density at radius 2 is 2.27 bits per heavy atom. The number of carbonyl (C=O) groups excluding carboxylic acids is 1. The summed E-state index contributed by atoms with van der Waals surface area (Å²) in [6.45, 7) is 0. The van der Waals surface area contributed by atoms with E-state index in [4.69, 9.17) is 10.6 Å². The Morgan fingerprint density at radius 3 is 2.93 bits per heavy atom. The summed E-state index contributed by atoms with van der Waals surface area (Å²) in [5.74, 6) is 5.33. The van der Waals surface area contributed by atoms with Crippen molar-refractivity contribution in [3.8, 4) is 0 Å². The van der Waals surface area contributed by atoms with Crippen LogP contribution in [0.15, 0.2) is 28.9 Å². The minimum Gasteiger partial charge on any atom is -0.465 e. The standard InChI is InChI=1S/C10H9BrN2O2/c1-15-10(14)8-4-6(11)5-9-7(8)2-3-13(9)12/h2-5H,12H2,1H3. The highest BCUT2D eigenvalue weighted by atomic mass is 79.9. The van der Waals surface area contributed by atoms with Gasteiger partial charge >= 0.3 is 5.97 Å². The Labute approximate surface area is 94.7 Å². The van der Waals surface area contributed by atoms with Gasteiger partial charge in [-0.3, -0.25) is 4.68 Å². The Bertz CT molecular complexity index is 533. The van der Waals surface area contributed by atoms with Crippen LogP contribution < -0.4 is 5.84 Å². The molecule has 0 radical (unpaired) electrons. The van der Waals surface area contributed by atoms with Crippen molar-refractivity contribution in [3.05, 3.63) is 34.4 Å². The Kier molecular flexibility index (Phi) is 2.40. The molecular weight excluding hydrogens is 260 g/mol. The third-order valence-corrected chi connectivity index (χ3v) is 2.67. The van der Waals surface area contributed by atoms with Gasteiger partial charge in [0, 0.05) is 16.1 Å². The van der Waals surface area contributed by atoms with Gasteiger partial charge in [0.05, 0.1) is 18.2 Å². The zero-order valence-electron chi connectivity index (χ0n) is 8.03. The van der Waals surface area contributed by atoms with Crippen LogP contribution in [0.5, 0.6) is 0 Å². The van der Waals surface area contributed by atoms with Crippen molar-refractivity contribution in [3.63, 3.8) is 0 Å². The number of hydrogen-bond donors (Lipinski definition) is 1. The number of ether oxygens (including phenoxy) is 1. The molecule has 0 aliphatic carbocycles. The maximum atomic E-state index is 11.5. The van der Waals surface area contributed by atoms with E-state index in [0.717, 1.165) is 15.4 Å². The van der Waals surface area contributed by atoms with E-state index < -0.39 is 0 Å². The van der Waals surface area contributed by atoms with Crippen LogP contribution in [0, 0.1) is 0 Å². The molecule has 2 N–H and O–H groups in total. The molecule has 78 valence electrons. The lowest BCUT2D eigenvalue weighted by molar-refractivity contribution is 0.0603. The highest BCUT2D eigenvalue weighted by Crippen LogP contribution is 2.24. The largest absolute Gasteiger partial charge is 0.465 e. The van der Waals surface area contributed by atoms with Crippen LogP contribution in [-0.4, -0.2) is 17.8 Å². The van der Waals surface area contributed by atoms with Crippen molar-refractivity contribution in [2.75, 3.05) is 13.0 Å². The van der Waals surface area contributed by atoms with Gasteiger partial charge in [0.15, 0.2) is 0 Å². The van der Waals surface area contributed by atoms with Gasteiger partial charge in [0.2, 0.25) is 0 Å². The average molecular weight is 269 g/mol. The van der Waals surface area contributed by atoms with E-state index in [1.807, 2.05) is 6.07 Å². The number of hydrogen-bond acceptors (Lipinski definition) is 3. The first-order valence-corrected chi connectivity index (χ1v) is 5.07. The molecule has 0 bridgehead atoms. The quantitative estimate of drug-likeness (QED) is 0.635. The van der Waals surface area contributed by atoms with Crippen LogP contribution in [0.1, 0.15) is 10.4 Å². The van der Waals surface area contributed by atoms with Crippen LogP contribution in [0.4, 0.5) is 0 Å². The van der Waals surface area contributed by atoms with E-state index in [-0.39, 0.29) is 5.97 Å². The number of nitrogen functional groups attached to an aromatic ring is 1. The second-order valence-corrected chi connectivity index (χ2v) is 4.02. The van der Waals surface area contributed by atoms with Gasteiger partial charge in [-0.1, -0.05) is 15.9 Å².